The summed E-state index contributed by atoms with van der Waals surface area (Å²) in [4.78, 5) is 27.4. The molecule has 0 spiro atoms. The Morgan fingerprint density at radius 3 is 2.45 bits per heavy atom. The third-order valence-electron chi connectivity index (χ3n) is 3.74. The first kappa shape index (κ1) is 17.8. The lowest BCUT2D eigenvalue weighted by Crippen LogP contribution is -2.37. The summed E-state index contributed by atoms with van der Waals surface area (Å²) < 4.78 is 0.641. The van der Waals surface area contributed by atoms with Crippen molar-refractivity contribution in [3.05, 3.63) is 32.9 Å². The predicted molar refractivity (Wildman–Crippen MR) is 85.7 cm³/mol. The molecule has 0 fully saturated rings. The molecule has 0 aliphatic heterocycles. The van der Waals surface area contributed by atoms with E-state index in [2.05, 4.69) is 17.1 Å². The molecule has 0 saturated heterocycles. The summed E-state index contributed by atoms with van der Waals surface area (Å²) in [5.74, 6) is -0.404. The minimum Gasteiger partial charge on any atom is -0.494 e. The van der Waals surface area contributed by atoms with Crippen LogP contribution in [-0.4, -0.2) is 22.2 Å². The van der Waals surface area contributed by atoms with Gasteiger partial charge in [0.25, 0.3) is 11.2 Å². The number of pyridine rings is 1. The Morgan fingerprint density at radius 2 is 1.86 bits per heavy atom. The number of carbonyl (C=O) groups excluding carboxylic acids is 1. The fraction of sp³-hybridized carbons (Fsp3) is 0.562. The number of nitrogens with one attached hydrogen (secondary N) is 1. The molecule has 2 N–H and O–H groups in total. The first-order chi connectivity index (χ1) is 10.5. The summed E-state index contributed by atoms with van der Waals surface area (Å²) in [6.07, 6.45) is 5.26. The number of hydrogen-bond acceptors (Lipinski definition) is 3. The third-order valence-corrected chi connectivity index (χ3v) is 3.74. The van der Waals surface area contributed by atoms with Crippen LogP contribution in [0.3, 0.4) is 0 Å². The zero-order valence-electron chi connectivity index (χ0n) is 13.4. The van der Waals surface area contributed by atoms with Crippen molar-refractivity contribution < 1.29 is 9.90 Å². The number of unbranched alkanes of at least 4 members (excludes halogenated alkanes) is 4. The van der Waals surface area contributed by atoms with Gasteiger partial charge >= 0.3 is 6.03 Å². The third kappa shape index (κ3) is 3.88. The number of nitrogens with zero attached hydrogens (tertiary/aromatic N) is 2. The lowest BCUT2D eigenvalue weighted by molar-refractivity contribution is 0.238. The zero-order valence-corrected chi connectivity index (χ0v) is 13.4. The highest BCUT2D eigenvalue weighted by molar-refractivity contribution is 5.80. The van der Waals surface area contributed by atoms with E-state index in [0.717, 1.165) is 25.7 Å². The average Bonchev–Trinajstić information content (AvgIpc) is 2.49. The lowest BCUT2D eigenvalue weighted by Gasteiger charge is -2.13. The number of aromatic nitrogens is 1. The summed E-state index contributed by atoms with van der Waals surface area (Å²) in [6.45, 7) is 12.8. The fourth-order valence-electron chi connectivity index (χ4n) is 2.20. The van der Waals surface area contributed by atoms with Gasteiger partial charge in [-0.2, -0.15) is 0 Å². The summed E-state index contributed by atoms with van der Waals surface area (Å²) in [6, 6.07) is -0.689. The molecule has 120 valence electrons. The number of amides is 1. The maximum absolute atomic E-state index is 12.1. The molecule has 6 nitrogen and oxygen atoms in total. The molecular weight excluding hydrogens is 282 g/mol. The van der Waals surface area contributed by atoms with Gasteiger partial charge in [0.1, 0.15) is 0 Å². The van der Waals surface area contributed by atoms with Gasteiger partial charge in [0.05, 0.1) is 6.57 Å². The van der Waals surface area contributed by atoms with Crippen molar-refractivity contribution >= 4 is 11.7 Å². The van der Waals surface area contributed by atoms with Crippen LogP contribution in [-0.2, 0) is 0 Å². The maximum atomic E-state index is 12.1. The second-order valence-electron chi connectivity index (χ2n) is 5.32. The van der Waals surface area contributed by atoms with Crippen LogP contribution in [0, 0.1) is 20.4 Å². The maximum Gasteiger partial charge on any atom is 0.330 e. The summed E-state index contributed by atoms with van der Waals surface area (Å²) >= 11 is 0. The number of rotatable bonds is 6. The van der Waals surface area contributed by atoms with E-state index in [-0.39, 0.29) is 5.69 Å². The van der Waals surface area contributed by atoms with E-state index in [1.165, 1.54) is 6.42 Å². The van der Waals surface area contributed by atoms with Crippen LogP contribution in [0.1, 0.15) is 50.2 Å². The Morgan fingerprint density at radius 1 is 1.23 bits per heavy atom. The zero-order chi connectivity index (χ0) is 16.7. The molecule has 1 heterocycles. The van der Waals surface area contributed by atoms with Gasteiger partial charge in [-0.1, -0.05) is 32.6 Å². The van der Waals surface area contributed by atoms with Crippen LogP contribution in [0.2, 0.25) is 0 Å². The Kier molecular flexibility index (Phi) is 6.64. The minimum absolute atomic E-state index is 0.131. The number of aromatic hydroxyl groups is 1. The monoisotopic (exact) mass is 305 g/mol. The van der Waals surface area contributed by atoms with E-state index in [1.54, 1.807) is 13.8 Å². The van der Waals surface area contributed by atoms with Crippen LogP contribution < -0.4 is 10.9 Å². The van der Waals surface area contributed by atoms with Crippen LogP contribution in [0.5, 0.6) is 5.88 Å². The highest BCUT2D eigenvalue weighted by atomic mass is 16.3. The van der Waals surface area contributed by atoms with Crippen LogP contribution in [0.25, 0.3) is 4.85 Å². The molecule has 0 aromatic carbocycles. The lowest BCUT2D eigenvalue weighted by atomic mass is 10.1. The highest BCUT2D eigenvalue weighted by Gasteiger charge is 2.20. The van der Waals surface area contributed by atoms with Crippen molar-refractivity contribution in [3.8, 4) is 5.88 Å². The number of hydrogen-bond donors (Lipinski definition) is 2. The average molecular weight is 305 g/mol. The van der Waals surface area contributed by atoms with Crippen molar-refractivity contribution in [1.82, 2.24) is 9.88 Å². The van der Waals surface area contributed by atoms with Gasteiger partial charge in [-0.25, -0.2) is 14.2 Å². The van der Waals surface area contributed by atoms with E-state index in [1.807, 2.05) is 0 Å². The van der Waals surface area contributed by atoms with Gasteiger partial charge < -0.3 is 10.4 Å². The largest absolute Gasteiger partial charge is 0.494 e. The van der Waals surface area contributed by atoms with Gasteiger partial charge in [0, 0.05) is 12.1 Å². The summed E-state index contributed by atoms with van der Waals surface area (Å²) in [5.41, 5.74) is -0.141. The minimum atomic E-state index is -0.779. The van der Waals surface area contributed by atoms with E-state index >= 15 is 0 Å². The van der Waals surface area contributed by atoms with Crippen molar-refractivity contribution in [2.45, 2.75) is 52.9 Å². The first-order valence-corrected chi connectivity index (χ1v) is 7.56. The smallest absolute Gasteiger partial charge is 0.330 e. The molecule has 0 bridgehead atoms. The van der Waals surface area contributed by atoms with Gasteiger partial charge in [-0.15, -0.1) is 0 Å². The molecule has 1 aromatic rings. The van der Waals surface area contributed by atoms with Gasteiger partial charge in [-0.05, 0) is 25.8 Å². The molecule has 0 aliphatic rings. The van der Waals surface area contributed by atoms with E-state index < -0.39 is 17.5 Å². The second-order valence-corrected chi connectivity index (χ2v) is 5.32. The Labute approximate surface area is 130 Å². The molecule has 0 aliphatic carbocycles. The molecule has 22 heavy (non-hydrogen) atoms. The molecule has 0 atom stereocenters. The summed E-state index contributed by atoms with van der Waals surface area (Å²) in [7, 11) is 0. The van der Waals surface area contributed by atoms with E-state index in [0.29, 0.717) is 22.2 Å². The Bertz CT molecular complexity index is 642. The van der Waals surface area contributed by atoms with Crippen LogP contribution in [0.15, 0.2) is 4.79 Å². The van der Waals surface area contributed by atoms with Crippen molar-refractivity contribution in [2.75, 3.05) is 6.54 Å². The molecule has 1 rings (SSSR count). The first-order valence-electron chi connectivity index (χ1n) is 7.56. The highest BCUT2D eigenvalue weighted by Crippen LogP contribution is 2.24. The van der Waals surface area contributed by atoms with E-state index in [9.17, 15) is 14.7 Å². The van der Waals surface area contributed by atoms with E-state index in [4.69, 9.17) is 6.57 Å². The molecule has 1 amide bonds. The normalized spacial score (nSPS) is 10.3. The van der Waals surface area contributed by atoms with Crippen LogP contribution >= 0.6 is 0 Å². The predicted octanol–water partition coefficient (Wildman–Crippen LogP) is 3.25. The standard InChI is InChI=1S/C16H23N3O3/c1-5-6-7-8-9-10-18-16(22)19-14(20)12(3)11(2)13(17-4)15(19)21/h20H,5-10H2,1-3H3,(H,18,22). The van der Waals surface area contributed by atoms with Gasteiger partial charge in [0.2, 0.25) is 5.88 Å². The molecule has 0 radical (unpaired) electrons. The van der Waals surface area contributed by atoms with Gasteiger partial charge in [-0.3, -0.25) is 4.79 Å². The Hall–Kier alpha value is -2.29. The quantitative estimate of drug-likeness (QED) is 0.625. The van der Waals surface area contributed by atoms with Crippen molar-refractivity contribution in [3.63, 3.8) is 0 Å². The van der Waals surface area contributed by atoms with Gasteiger partial charge in [0.15, 0.2) is 0 Å². The summed E-state index contributed by atoms with van der Waals surface area (Å²) in [5, 5.41) is 12.6. The molecule has 0 saturated carbocycles. The molecule has 0 unspecified atom stereocenters. The molecule has 1 aromatic heterocycles. The SMILES string of the molecule is [C-]#[N+]c1c(C)c(C)c(O)n(C(=O)NCCCCCCC)c1=O. The van der Waals surface area contributed by atoms with Crippen molar-refractivity contribution in [1.29, 1.82) is 0 Å². The topological polar surface area (TPSA) is 75.7 Å². The molecular formula is C16H23N3O3. The second kappa shape index (κ2) is 8.23. The Balaban J connectivity index is 2.85. The fourth-order valence-corrected chi connectivity index (χ4v) is 2.20. The number of carbonyl (C=O) groups is 1. The van der Waals surface area contributed by atoms with Crippen LogP contribution in [0.4, 0.5) is 10.5 Å². The molecule has 6 heteroatoms. The van der Waals surface area contributed by atoms with Crippen molar-refractivity contribution in [2.24, 2.45) is 0 Å².